The molecule has 0 amide bonds. The number of aryl methyl sites for hydroxylation is 1. The molecule has 0 N–H and O–H groups in total. The van der Waals surface area contributed by atoms with Crippen LogP contribution in [0.4, 0.5) is 5.69 Å². The number of hydrogen-bond acceptors (Lipinski definition) is 3. The minimum absolute atomic E-state index is 0.671. The van der Waals surface area contributed by atoms with Crippen molar-refractivity contribution in [1.82, 2.24) is 8.52 Å². The molecule has 3 rings (SSSR count). The summed E-state index contributed by atoms with van der Waals surface area (Å²) in [4.78, 5) is 10.3. The molecule has 116 valence electrons. The van der Waals surface area contributed by atoms with E-state index in [0.717, 1.165) is 20.8 Å². The Bertz CT molecular complexity index is 948. The highest BCUT2D eigenvalue weighted by Gasteiger charge is 2.04. The van der Waals surface area contributed by atoms with Gasteiger partial charge in [0, 0.05) is 19.7 Å². The van der Waals surface area contributed by atoms with Gasteiger partial charge in [-0.2, -0.15) is 4.99 Å². The average Bonchev–Trinajstić information content (AvgIpc) is 2.83. The Morgan fingerprint density at radius 3 is 2.13 bits per heavy atom. The van der Waals surface area contributed by atoms with Crippen LogP contribution in [0.1, 0.15) is 5.56 Å². The lowest BCUT2D eigenvalue weighted by atomic mass is 10.2. The molecule has 4 nitrogen and oxygen atoms in total. The van der Waals surface area contributed by atoms with Crippen molar-refractivity contribution in [1.29, 1.82) is 0 Å². The molecule has 1 heterocycles. The van der Waals surface area contributed by atoms with Crippen LogP contribution >= 0.6 is 23.8 Å². The van der Waals surface area contributed by atoms with E-state index in [1.54, 1.807) is 0 Å². The van der Waals surface area contributed by atoms with E-state index in [1.165, 1.54) is 11.5 Å². The van der Waals surface area contributed by atoms with Gasteiger partial charge in [-0.05, 0) is 35.9 Å². The Morgan fingerprint density at radius 2 is 1.57 bits per heavy atom. The summed E-state index contributed by atoms with van der Waals surface area (Å²) in [5, 5.41) is 0. The molecule has 0 radical (unpaired) electrons. The van der Waals surface area contributed by atoms with Crippen molar-refractivity contribution in [2.24, 2.45) is 24.1 Å². The van der Waals surface area contributed by atoms with E-state index in [2.05, 4.69) is 0 Å². The fourth-order valence-corrected chi connectivity index (χ4v) is 3.11. The predicted molar refractivity (Wildman–Crippen MR) is 97.7 cm³/mol. The van der Waals surface area contributed by atoms with Gasteiger partial charge in [0.05, 0.1) is 5.69 Å². The monoisotopic (exact) mass is 340 g/mol. The molecule has 0 aliphatic rings. The van der Waals surface area contributed by atoms with Crippen LogP contribution in [0, 0.1) is 4.77 Å². The molecular weight excluding hydrogens is 324 g/mol. The molecule has 0 bridgehead atoms. The minimum Gasteiger partial charge on any atom is -0.296 e. The zero-order valence-corrected chi connectivity index (χ0v) is 14.5. The fraction of sp³-hybridized carbons (Fsp3) is 0.118. The van der Waals surface area contributed by atoms with Crippen LogP contribution in [0.3, 0.4) is 0 Å². The molecule has 0 aliphatic heterocycles. The van der Waals surface area contributed by atoms with Gasteiger partial charge >= 0.3 is 0 Å². The maximum atomic E-state index is 5.35. The van der Waals surface area contributed by atoms with Gasteiger partial charge < -0.3 is 0 Å². The second-order valence-electron chi connectivity index (χ2n) is 4.96. The molecule has 0 aliphatic carbocycles. The summed E-state index contributed by atoms with van der Waals surface area (Å²) in [6.45, 7) is 0. The first-order chi connectivity index (χ1) is 11.1. The topological polar surface area (TPSA) is 34.6 Å². The number of para-hydroxylation sites is 1. The first-order valence-electron chi connectivity index (χ1n) is 7.12. The average molecular weight is 340 g/mol. The molecule has 23 heavy (non-hydrogen) atoms. The highest BCUT2D eigenvalue weighted by Crippen LogP contribution is 2.13. The van der Waals surface area contributed by atoms with Crippen LogP contribution in [0.2, 0.25) is 0 Å². The summed E-state index contributed by atoms with van der Waals surface area (Å²) >= 11 is 6.85. The molecule has 0 saturated carbocycles. The van der Waals surface area contributed by atoms with Gasteiger partial charge in [-0.1, -0.05) is 48.5 Å². The zero-order valence-electron chi connectivity index (χ0n) is 12.9. The van der Waals surface area contributed by atoms with Gasteiger partial charge in [-0.25, -0.2) is 4.99 Å². The summed E-state index contributed by atoms with van der Waals surface area (Å²) < 4.78 is 4.55. The van der Waals surface area contributed by atoms with Crippen LogP contribution in [0.25, 0.3) is 0 Å². The van der Waals surface area contributed by atoms with Crippen molar-refractivity contribution in [3.8, 4) is 0 Å². The van der Waals surface area contributed by atoms with Crippen LogP contribution < -0.4 is 4.80 Å². The molecule has 0 saturated heterocycles. The van der Waals surface area contributed by atoms with E-state index in [9.17, 15) is 0 Å². The predicted octanol–water partition coefficient (Wildman–Crippen LogP) is 3.83. The van der Waals surface area contributed by atoms with Gasteiger partial charge in [-0.3, -0.25) is 8.52 Å². The Labute approximate surface area is 143 Å². The van der Waals surface area contributed by atoms with Gasteiger partial charge in [0.1, 0.15) is 0 Å². The number of hydrogen-bond donors (Lipinski definition) is 0. The molecular formula is C17H16N4S2. The number of nitrogens with zero attached hydrogens (tertiary/aromatic N) is 4. The van der Waals surface area contributed by atoms with Gasteiger partial charge in [0.2, 0.25) is 4.80 Å². The summed E-state index contributed by atoms with van der Waals surface area (Å²) in [6, 6.07) is 19.8. The number of benzene rings is 2. The Balaban J connectivity index is 2.19. The van der Waals surface area contributed by atoms with E-state index in [1.807, 2.05) is 83.3 Å². The smallest absolute Gasteiger partial charge is 0.209 e. The summed E-state index contributed by atoms with van der Waals surface area (Å²) in [7, 11) is 3.85. The third-order valence-electron chi connectivity index (χ3n) is 3.29. The highest BCUT2D eigenvalue weighted by atomic mass is 32.1. The van der Waals surface area contributed by atoms with Gasteiger partial charge in [0.15, 0.2) is 10.6 Å². The first kappa shape index (κ1) is 15.6. The van der Waals surface area contributed by atoms with E-state index >= 15 is 0 Å². The molecule has 2 aromatic carbocycles. The van der Waals surface area contributed by atoms with E-state index in [-0.39, 0.29) is 0 Å². The summed E-state index contributed by atoms with van der Waals surface area (Å²) in [5.74, 6) is 0.671. The lowest BCUT2D eigenvalue weighted by Crippen LogP contribution is -2.14. The van der Waals surface area contributed by atoms with Crippen molar-refractivity contribution in [3.05, 3.63) is 75.8 Å². The number of amidine groups is 1. The van der Waals surface area contributed by atoms with Crippen molar-refractivity contribution in [2.75, 3.05) is 0 Å². The Hall–Kier alpha value is -2.31. The molecule has 1 aromatic heterocycles. The van der Waals surface area contributed by atoms with Crippen molar-refractivity contribution in [3.63, 3.8) is 0 Å². The van der Waals surface area contributed by atoms with E-state index in [4.69, 9.17) is 22.2 Å². The van der Waals surface area contributed by atoms with E-state index < -0.39 is 0 Å². The zero-order chi connectivity index (χ0) is 16.2. The number of aliphatic imine (C=N–C) groups is 1. The minimum atomic E-state index is 0.671. The quantitative estimate of drug-likeness (QED) is 0.396. The fourth-order valence-electron chi connectivity index (χ4n) is 2.07. The second-order valence-corrected chi connectivity index (χ2v) is 6.42. The molecule has 0 unspecified atom stereocenters. The Kier molecular flexibility index (Phi) is 4.64. The highest BCUT2D eigenvalue weighted by molar-refractivity contribution is 7.71. The van der Waals surface area contributed by atoms with Crippen LogP contribution in [-0.2, 0) is 14.1 Å². The maximum absolute atomic E-state index is 5.35. The number of aromatic nitrogens is 2. The second kappa shape index (κ2) is 6.85. The van der Waals surface area contributed by atoms with Gasteiger partial charge in [0.25, 0.3) is 0 Å². The van der Waals surface area contributed by atoms with Gasteiger partial charge in [-0.15, -0.1) is 0 Å². The SMILES string of the molecule is Cn1sc(=NC(=Nc2ccccc2)c2ccccc2)n(C)c1=S. The van der Waals surface area contributed by atoms with Crippen LogP contribution in [-0.4, -0.2) is 14.4 Å². The maximum Gasteiger partial charge on any atom is 0.209 e. The molecule has 0 atom stereocenters. The lowest BCUT2D eigenvalue weighted by molar-refractivity contribution is 0.800. The van der Waals surface area contributed by atoms with Crippen molar-refractivity contribution < 1.29 is 0 Å². The largest absolute Gasteiger partial charge is 0.296 e. The van der Waals surface area contributed by atoms with Crippen LogP contribution in [0.5, 0.6) is 0 Å². The Morgan fingerprint density at radius 1 is 0.957 bits per heavy atom. The van der Waals surface area contributed by atoms with Crippen molar-refractivity contribution in [2.45, 2.75) is 0 Å². The molecule has 3 aromatic rings. The molecule has 0 fully saturated rings. The lowest BCUT2D eigenvalue weighted by Gasteiger charge is -2.01. The summed E-state index contributed by atoms with van der Waals surface area (Å²) in [6.07, 6.45) is 0. The third kappa shape index (κ3) is 3.55. The standard InChI is InChI=1S/C17H16N4S2/c1-20-16(23-21(2)17(20)22)19-15(13-9-5-3-6-10-13)18-14-11-7-4-8-12-14/h3-12H,1-2H3. The molecule has 6 heteroatoms. The third-order valence-corrected chi connectivity index (χ3v) is 4.93. The molecule has 0 spiro atoms. The van der Waals surface area contributed by atoms with E-state index in [0.29, 0.717) is 5.84 Å². The summed E-state index contributed by atoms with van der Waals surface area (Å²) in [5.41, 5.74) is 1.84. The van der Waals surface area contributed by atoms with Crippen LogP contribution in [0.15, 0.2) is 70.6 Å². The van der Waals surface area contributed by atoms with Crippen molar-refractivity contribution >= 4 is 35.3 Å². The number of rotatable bonds is 2. The first-order valence-corrected chi connectivity index (χ1v) is 8.30. The normalized spacial score (nSPS) is 12.6.